The first-order valence-corrected chi connectivity index (χ1v) is 7.38. The summed E-state index contributed by atoms with van der Waals surface area (Å²) in [5, 5.41) is 7.98. The molecule has 3 N–H and O–H groups in total. The van der Waals surface area contributed by atoms with Gasteiger partial charge in [0.15, 0.2) is 0 Å². The Kier molecular flexibility index (Phi) is 3.94. The lowest BCUT2D eigenvalue weighted by Gasteiger charge is -2.18. The molecule has 2 heterocycles. The van der Waals surface area contributed by atoms with Gasteiger partial charge in [0, 0.05) is 31.9 Å². The van der Waals surface area contributed by atoms with Crippen LogP contribution in [0.15, 0.2) is 24.3 Å². The number of carbonyl (C=O) groups is 2. The quantitative estimate of drug-likeness (QED) is 0.759. The summed E-state index contributed by atoms with van der Waals surface area (Å²) < 4.78 is 0. The maximum absolute atomic E-state index is 11.9. The molecule has 2 aliphatic heterocycles. The number of amides is 3. The third kappa shape index (κ3) is 3.26. The second-order valence-corrected chi connectivity index (χ2v) is 5.49. The van der Waals surface area contributed by atoms with E-state index in [9.17, 15) is 9.59 Å². The number of nitrogens with zero attached hydrogens (tertiary/aromatic N) is 1. The van der Waals surface area contributed by atoms with Gasteiger partial charge in [0.25, 0.3) is 0 Å². The lowest BCUT2D eigenvalue weighted by molar-refractivity contribution is -0.122. The molecule has 0 aromatic heterocycles. The molecule has 2 fully saturated rings. The standard InChI is InChI=1S/C15H20N4O2/c20-14(13-10-17-15(21)18-13)16-9-11-3-5-12(6-4-11)19-7-1-2-8-19/h3-6,13H,1-2,7-10H2,(H,16,20)(H2,17,18,21). The molecule has 0 aliphatic carbocycles. The molecular weight excluding hydrogens is 268 g/mol. The smallest absolute Gasteiger partial charge is 0.315 e. The highest BCUT2D eigenvalue weighted by Gasteiger charge is 2.26. The van der Waals surface area contributed by atoms with Gasteiger partial charge in [0.2, 0.25) is 5.91 Å². The number of anilines is 1. The van der Waals surface area contributed by atoms with Crippen LogP contribution in [-0.4, -0.2) is 37.6 Å². The van der Waals surface area contributed by atoms with Crippen molar-refractivity contribution >= 4 is 17.6 Å². The Bertz CT molecular complexity index is 523. The third-order valence-corrected chi connectivity index (χ3v) is 3.96. The van der Waals surface area contributed by atoms with Crippen molar-refractivity contribution in [2.75, 3.05) is 24.5 Å². The average molecular weight is 288 g/mol. The Morgan fingerprint density at radius 2 is 1.95 bits per heavy atom. The van der Waals surface area contributed by atoms with E-state index in [1.807, 2.05) is 12.1 Å². The van der Waals surface area contributed by atoms with Gasteiger partial charge in [-0.1, -0.05) is 12.1 Å². The van der Waals surface area contributed by atoms with Gasteiger partial charge in [-0.2, -0.15) is 0 Å². The second-order valence-electron chi connectivity index (χ2n) is 5.49. The van der Waals surface area contributed by atoms with Gasteiger partial charge in [-0.15, -0.1) is 0 Å². The molecular formula is C15H20N4O2. The summed E-state index contributed by atoms with van der Waals surface area (Å²) in [4.78, 5) is 25.2. The van der Waals surface area contributed by atoms with Gasteiger partial charge >= 0.3 is 6.03 Å². The van der Waals surface area contributed by atoms with E-state index >= 15 is 0 Å². The van der Waals surface area contributed by atoms with Crippen molar-refractivity contribution in [1.29, 1.82) is 0 Å². The Hall–Kier alpha value is -2.24. The Morgan fingerprint density at radius 3 is 2.57 bits per heavy atom. The topological polar surface area (TPSA) is 73.5 Å². The predicted molar refractivity (Wildman–Crippen MR) is 80.1 cm³/mol. The maximum atomic E-state index is 11.9. The van der Waals surface area contributed by atoms with Gasteiger partial charge in [-0.25, -0.2) is 4.79 Å². The number of rotatable bonds is 4. The number of carbonyl (C=O) groups excluding carboxylic acids is 2. The normalized spacial score (nSPS) is 21.0. The van der Waals surface area contributed by atoms with Crippen LogP contribution in [-0.2, 0) is 11.3 Å². The zero-order valence-corrected chi connectivity index (χ0v) is 11.9. The fourth-order valence-electron chi connectivity index (χ4n) is 2.73. The summed E-state index contributed by atoms with van der Waals surface area (Å²) in [6.45, 7) is 3.08. The van der Waals surface area contributed by atoms with Gasteiger partial charge in [0.1, 0.15) is 6.04 Å². The van der Waals surface area contributed by atoms with Crippen molar-refractivity contribution in [2.24, 2.45) is 0 Å². The highest BCUT2D eigenvalue weighted by Crippen LogP contribution is 2.20. The van der Waals surface area contributed by atoms with Crippen molar-refractivity contribution in [1.82, 2.24) is 16.0 Å². The molecule has 1 aromatic rings. The zero-order valence-electron chi connectivity index (χ0n) is 11.9. The lowest BCUT2D eigenvalue weighted by atomic mass is 10.2. The van der Waals surface area contributed by atoms with Crippen LogP contribution in [0, 0.1) is 0 Å². The van der Waals surface area contributed by atoms with E-state index in [1.54, 1.807) is 0 Å². The monoisotopic (exact) mass is 288 g/mol. The molecule has 0 radical (unpaired) electrons. The van der Waals surface area contributed by atoms with E-state index in [0.29, 0.717) is 13.1 Å². The molecule has 6 nitrogen and oxygen atoms in total. The minimum atomic E-state index is -0.471. The number of nitrogens with one attached hydrogen (secondary N) is 3. The zero-order chi connectivity index (χ0) is 14.7. The summed E-state index contributed by atoms with van der Waals surface area (Å²) in [6, 6.07) is 7.53. The Labute approximate surface area is 123 Å². The van der Waals surface area contributed by atoms with Crippen LogP contribution in [0.3, 0.4) is 0 Å². The molecule has 21 heavy (non-hydrogen) atoms. The fraction of sp³-hybridized carbons (Fsp3) is 0.467. The summed E-state index contributed by atoms with van der Waals surface area (Å²) in [5.41, 5.74) is 2.30. The highest BCUT2D eigenvalue weighted by molar-refractivity contribution is 5.90. The van der Waals surface area contributed by atoms with Gasteiger partial charge in [-0.3, -0.25) is 4.79 Å². The predicted octanol–water partition coefficient (Wildman–Crippen LogP) is 0.584. The number of hydrogen-bond donors (Lipinski definition) is 3. The molecule has 1 atom stereocenters. The van der Waals surface area contributed by atoms with Crippen LogP contribution in [0.25, 0.3) is 0 Å². The van der Waals surface area contributed by atoms with E-state index in [2.05, 4.69) is 33.0 Å². The SMILES string of the molecule is O=C1NCC(C(=O)NCc2ccc(N3CCCC3)cc2)N1. The Morgan fingerprint density at radius 1 is 1.24 bits per heavy atom. The van der Waals surface area contributed by atoms with E-state index in [1.165, 1.54) is 18.5 Å². The highest BCUT2D eigenvalue weighted by atomic mass is 16.2. The van der Waals surface area contributed by atoms with E-state index < -0.39 is 6.04 Å². The molecule has 0 spiro atoms. The largest absolute Gasteiger partial charge is 0.372 e. The van der Waals surface area contributed by atoms with Gasteiger partial charge in [0.05, 0.1) is 0 Å². The first-order valence-electron chi connectivity index (χ1n) is 7.38. The van der Waals surface area contributed by atoms with E-state index in [0.717, 1.165) is 18.7 Å². The number of urea groups is 1. The molecule has 2 saturated heterocycles. The lowest BCUT2D eigenvalue weighted by Crippen LogP contribution is -2.42. The number of hydrogen-bond acceptors (Lipinski definition) is 3. The maximum Gasteiger partial charge on any atom is 0.315 e. The van der Waals surface area contributed by atoms with E-state index in [-0.39, 0.29) is 11.9 Å². The van der Waals surface area contributed by atoms with E-state index in [4.69, 9.17) is 0 Å². The van der Waals surface area contributed by atoms with Crippen LogP contribution in [0.1, 0.15) is 18.4 Å². The summed E-state index contributed by atoms with van der Waals surface area (Å²) in [5.74, 6) is -0.156. The fourth-order valence-corrected chi connectivity index (χ4v) is 2.73. The minimum absolute atomic E-state index is 0.156. The second kappa shape index (κ2) is 6.03. The van der Waals surface area contributed by atoms with Crippen LogP contribution in [0.4, 0.5) is 10.5 Å². The average Bonchev–Trinajstić information content (AvgIpc) is 3.16. The first-order chi connectivity index (χ1) is 10.2. The summed E-state index contributed by atoms with van der Waals surface area (Å²) in [6.07, 6.45) is 2.53. The third-order valence-electron chi connectivity index (χ3n) is 3.96. The molecule has 6 heteroatoms. The first kappa shape index (κ1) is 13.7. The van der Waals surface area contributed by atoms with Crippen molar-refractivity contribution in [3.63, 3.8) is 0 Å². The molecule has 3 rings (SSSR count). The molecule has 1 unspecified atom stereocenters. The molecule has 2 aliphatic rings. The van der Waals surface area contributed by atoms with Crippen LogP contribution >= 0.6 is 0 Å². The Balaban J connectivity index is 1.51. The number of benzene rings is 1. The van der Waals surface area contributed by atoms with Crippen LogP contribution in [0.5, 0.6) is 0 Å². The summed E-state index contributed by atoms with van der Waals surface area (Å²) in [7, 11) is 0. The molecule has 112 valence electrons. The molecule has 0 bridgehead atoms. The van der Waals surface area contributed by atoms with Crippen molar-refractivity contribution in [2.45, 2.75) is 25.4 Å². The van der Waals surface area contributed by atoms with Gasteiger partial charge in [-0.05, 0) is 30.5 Å². The van der Waals surface area contributed by atoms with Crippen molar-refractivity contribution in [3.8, 4) is 0 Å². The van der Waals surface area contributed by atoms with Crippen molar-refractivity contribution < 1.29 is 9.59 Å². The van der Waals surface area contributed by atoms with Crippen molar-refractivity contribution in [3.05, 3.63) is 29.8 Å². The molecule has 1 aromatic carbocycles. The van der Waals surface area contributed by atoms with Crippen LogP contribution in [0.2, 0.25) is 0 Å². The molecule has 0 saturated carbocycles. The van der Waals surface area contributed by atoms with Crippen LogP contribution < -0.4 is 20.9 Å². The summed E-state index contributed by atoms with van der Waals surface area (Å²) >= 11 is 0. The minimum Gasteiger partial charge on any atom is -0.372 e. The molecule has 3 amide bonds. The van der Waals surface area contributed by atoms with Gasteiger partial charge < -0.3 is 20.9 Å².